The Kier molecular flexibility index (Phi) is 3.95. The van der Waals surface area contributed by atoms with E-state index >= 15 is 0 Å². The number of halogens is 1. The fourth-order valence-electron chi connectivity index (χ4n) is 1.34. The van der Waals surface area contributed by atoms with Crippen LogP contribution >= 0.6 is 23.1 Å². The van der Waals surface area contributed by atoms with Gasteiger partial charge < -0.3 is 4.74 Å². The molecule has 2 heterocycles. The number of hydrogen-bond acceptors (Lipinski definition) is 4. The highest BCUT2D eigenvalue weighted by atomic mass is 32.2. The van der Waals surface area contributed by atoms with Gasteiger partial charge in [-0.3, -0.25) is 0 Å². The van der Waals surface area contributed by atoms with Crippen molar-refractivity contribution in [3.63, 3.8) is 0 Å². The lowest BCUT2D eigenvalue weighted by Gasteiger charge is -1.93. The standard InChI is InChI=1S/C13H5FO2S2/c1-2-3-4-5-6-16-13(15)12-11(14)9-7-17-8-10(9)18-12/h1H,7-8H2. The highest BCUT2D eigenvalue weighted by Crippen LogP contribution is 2.39. The fraction of sp³-hybridized carbons (Fsp3) is 0.154. The molecule has 0 bridgehead atoms. The second-order valence-corrected chi connectivity index (χ2v) is 5.24. The Balaban J connectivity index is 2.10. The number of terminal acetylenes is 1. The van der Waals surface area contributed by atoms with Crippen LogP contribution in [0.2, 0.25) is 0 Å². The SMILES string of the molecule is C#CC#CC#COC(=O)c1sc2c(c1F)CSC2. The van der Waals surface area contributed by atoms with E-state index in [9.17, 15) is 9.18 Å². The lowest BCUT2D eigenvalue weighted by atomic mass is 10.2. The molecule has 0 amide bonds. The molecule has 5 heteroatoms. The monoisotopic (exact) mass is 276 g/mol. The number of rotatable bonds is 1. The van der Waals surface area contributed by atoms with Crippen LogP contribution in [0.3, 0.4) is 0 Å². The van der Waals surface area contributed by atoms with Gasteiger partial charge in [-0.1, -0.05) is 0 Å². The fourth-order valence-corrected chi connectivity index (χ4v) is 3.75. The van der Waals surface area contributed by atoms with Crippen LogP contribution in [-0.2, 0) is 16.2 Å². The third kappa shape index (κ3) is 2.51. The van der Waals surface area contributed by atoms with Gasteiger partial charge in [-0.25, -0.2) is 9.18 Å². The van der Waals surface area contributed by atoms with E-state index in [2.05, 4.69) is 34.5 Å². The molecule has 0 N–H and O–H groups in total. The summed E-state index contributed by atoms with van der Waals surface area (Å²) in [5.74, 6) is 8.89. The Labute approximate surface area is 112 Å². The summed E-state index contributed by atoms with van der Waals surface area (Å²) in [7, 11) is 0. The van der Waals surface area contributed by atoms with Crippen LogP contribution in [0.15, 0.2) is 0 Å². The minimum atomic E-state index is -0.785. The summed E-state index contributed by atoms with van der Waals surface area (Å²) in [6.45, 7) is 0. The smallest absolute Gasteiger partial charge is 0.365 e. The van der Waals surface area contributed by atoms with Gasteiger partial charge in [-0.05, 0) is 11.8 Å². The second kappa shape index (κ2) is 5.65. The number of esters is 1. The van der Waals surface area contributed by atoms with E-state index in [-0.39, 0.29) is 4.88 Å². The number of carbonyl (C=O) groups excluding carboxylic acids is 1. The average molecular weight is 276 g/mol. The van der Waals surface area contributed by atoms with Gasteiger partial charge >= 0.3 is 5.97 Å². The predicted molar refractivity (Wildman–Crippen MR) is 69.1 cm³/mol. The van der Waals surface area contributed by atoms with Gasteiger partial charge in [0, 0.05) is 33.8 Å². The number of thiophene rings is 1. The van der Waals surface area contributed by atoms with Crippen molar-refractivity contribution < 1.29 is 13.9 Å². The molecule has 1 aliphatic heterocycles. The molecule has 0 unspecified atom stereocenters. The highest BCUT2D eigenvalue weighted by Gasteiger charge is 2.27. The molecule has 2 rings (SSSR count). The molecule has 1 aromatic heterocycles. The van der Waals surface area contributed by atoms with Crippen molar-refractivity contribution in [2.75, 3.05) is 0 Å². The third-order valence-corrected chi connectivity index (χ3v) is 4.44. The maximum Gasteiger partial charge on any atom is 0.365 e. The first-order chi connectivity index (χ1) is 8.74. The molecule has 18 heavy (non-hydrogen) atoms. The van der Waals surface area contributed by atoms with E-state index in [0.717, 1.165) is 22.0 Å². The quantitative estimate of drug-likeness (QED) is 0.582. The predicted octanol–water partition coefficient (Wildman–Crippen LogP) is 2.39. The molecule has 0 spiro atoms. The van der Waals surface area contributed by atoms with Gasteiger partial charge in [0.1, 0.15) is 11.0 Å². The summed E-state index contributed by atoms with van der Waals surface area (Å²) >= 11 is 2.74. The van der Waals surface area contributed by atoms with E-state index < -0.39 is 11.8 Å². The van der Waals surface area contributed by atoms with Gasteiger partial charge in [0.2, 0.25) is 0 Å². The van der Waals surface area contributed by atoms with Crippen LogP contribution in [0, 0.1) is 42.0 Å². The minimum Gasteiger partial charge on any atom is -0.367 e. The van der Waals surface area contributed by atoms with Gasteiger partial charge in [0.05, 0.1) is 0 Å². The van der Waals surface area contributed by atoms with Crippen molar-refractivity contribution >= 4 is 29.1 Å². The van der Waals surface area contributed by atoms with E-state index in [4.69, 9.17) is 6.42 Å². The first-order valence-electron chi connectivity index (χ1n) is 4.78. The Bertz CT molecular complexity index is 659. The number of ether oxygens (including phenoxy) is 1. The molecule has 0 fully saturated rings. The first-order valence-corrected chi connectivity index (χ1v) is 6.75. The molecule has 0 saturated carbocycles. The van der Waals surface area contributed by atoms with Crippen LogP contribution in [0.25, 0.3) is 0 Å². The molecule has 2 nitrogen and oxygen atoms in total. The zero-order chi connectivity index (χ0) is 13.0. The number of hydrogen-bond donors (Lipinski definition) is 0. The minimum absolute atomic E-state index is 0.0282. The molecule has 88 valence electrons. The zero-order valence-electron chi connectivity index (χ0n) is 9.00. The van der Waals surface area contributed by atoms with Gasteiger partial charge in [0.15, 0.2) is 5.82 Å². The first kappa shape index (κ1) is 12.6. The molecule has 1 aromatic rings. The molecule has 1 aliphatic rings. The normalized spacial score (nSPS) is 11.3. The van der Waals surface area contributed by atoms with E-state index in [1.165, 1.54) is 0 Å². The van der Waals surface area contributed by atoms with Crippen molar-refractivity contribution in [2.24, 2.45) is 0 Å². The van der Waals surface area contributed by atoms with Crippen LogP contribution in [0.5, 0.6) is 0 Å². The maximum absolute atomic E-state index is 13.8. The van der Waals surface area contributed by atoms with Crippen LogP contribution in [0.1, 0.15) is 20.1 Å². The molecule has 0 radical (unpaired) electrons. The summed E-state index contributed by atoms with van der Waals surface area (Å²) in [5, 5.41) is 0. The highest BCUT2D eigenvalue weighted by molar-refractivity contribution is 7.98. The maximum atomic E-state index is 13.8. The van der Waals surface area contributed by atoms with Gasteiger partial charge in [0.25, 0.3) is 0 Å². The zero-order valence-corrected chi connectivity index (χ0v) is 10.6. The Morgan fingerprint density at radius 1 is 1.33 bits per heavy atom. The topological polar surface area (TPSA) is 26.3 Å². The lowest BCUT2D eigenvalue weighted by molar-refractivity contribution is 0.0691. The average Bonchev–Trinajstić information content (AvgIpc) is 2.92. The van der Waals surface area contributed by atoms with Crippen molar-refractivity contribution in [1.29, 1.82) is 0 Å². The van der Waals surface area contributed by atoms with Gasteiger partial charge in [-0.15, -0.1) is 17.8 Å². The Morgan fingerprint density at radius 3 is 2.89 bits per heavy atom. The van der Waals surface area contributed by atoms with E-state index in [1.807, 2.05) is 0 Å². The number of thioether (sulfide) groups is 1. The molecular weight excluding hydrogens is 271 g/mol. The summed E-state index contributed by atoms with van der Waals surface area (Å²) in [6, 6.07) is 0. The van der Waals surface area contributed by atoms with Crippen molar-refractivity contribution in [2.45, 2.75) is 11.5 Å². The number of carbonyl (C=O) groups is 1. The molecule has 0 aliphatic carbocycles. The van der Waals surface area contributed by atoms with Crippen molar-refractivity contribution in [3.8, 4) is 36.2 Å². The summed E-state index contributed by atoms with van der Waals surface area (Å²) in [4.78, 5) is 12.4. The largest absolute Gasteiger partial charge is 0.367 e. The molecular formula is C13H5FO2S2. The van der Waals surface area contributed by atoms with Crippen molar-refractivity contribution in [1.82, 2.24) is 0 Å². The van der Waals surface area contributed by atoms with E-state index in [0.29, 0.717) is 11.3 Å². The number of fused-ring (bicyclic) bond motifs is 1. The summed E-state index contributed by atoms with van der Waals surface area (Å²) in [6.07, 6.45) is 6.95. The Morgan fingerprint density at radius 2 is 2.17 bits per heavy atom. The summed E-state index contributed by atoms with van der Waals surface area (Å²) < 4.78 is 18.4. The van der Waals surface area contributed by atoms with Crippen LogP contribution in [0.4, 0.5) is 4.39 Å². The molecule has 0 saturated heterocycles. The van der Waals surface area contributed by atoms with Crippen LogP contribution < -0.4 is 0 Å². The third-order valence-electron chi connectivity index (χ3n) is 2.08. The second-order valence-electron chi connectivity index (χ2n) is 3.15. The lowest BCUT2D eigenvalue weighted by Crippen LogP contribution is -2.01. The van der Waals surface area contributed by atoms with Crippen molar-refractivity contribution in [3.05, 3.63) is 21.1 Å². The molecule has 0 atom stereocenters. The summed E-state index contributed by atoms with van der Waals surface area (Å²) in [5.41, 5.74) is 0.608. The Hall–Kier alpha value is -1.87. The van der Waals surface area contributed by atoms with Crippen LogP contribution in [-0.4, -0.2) is 5.97 Å². The van der Waals surface area contributed by atoms with E-state index in [1.54, 1.807) is 11.8 Å². The molecule has 0 aromatic carbocycles. The van der Waals surface area contributed by atoms with Gasteiger partial charge in [-0.2, -0.15) is 11.8 Å².